The van der Waals surface area contributed by atoms with Crippen LogP contribution in [0.1, 0.15) is 38.7 Å². The maximum atomic E-state index is 10.0. The Bertz CT molecular complexity index is 533. The van der Waals surface area contributed by atoms with E-state index in [0.717, 1.165) is 30.4 Å². The van der Waals surface area contributed by atoms with Crippen LogP contribution in [0.5, 0.6) is 5.75 Å². The summed E-state index contributed by atoms with van der Waals surface area (Å²) < 4.78 is 0. The van der Waals surface area contributed by atoms with Gasteiger partial charge in [-0.05, 0) is 50.0 Å². The molecule has 2 N–H and O–H groups in total. The van der Waals surface area contributed by atoms with Gasteiger partial charge in [0.2, 0.25) is 0 Å². The lowest BCUT2D eigenvalue weighted by atomic mass is 10.1. The number of aromatic hydroxyl groups is 1. The zero-order valence-corrected chi connectivity index (χ0v) is 12.7. The Hall–Kier alpha value is -1.48. The van der Waals surface area contributed by atoms with E-state index in [2.05, 4.69) is 23.7 Å². The van der Waals surface area contributed by atoms with E-state index in [1.165, 1.54) is 31.4 Å². The van der Waals surface area contributed by atoms with Gasteiger partial charge < -0.3 is 15.0 Å². The predicted octanol–water partition coefficient (Wildman–Crippen LogP) is 3.93. The van der Waals surface area contributed by atoms with Crippen molar-refractivity contribution >= 4 is 10.9 Å². The number of fused-ring (bicyclic) bond motifs is 1. The molecule has 0 bridgehead atoms. The average Bonchev–Trinajstić information content (AvgIpc) is 2.86. The van der Waals surface area contributed by atoms with Crippen molar-refractivity contribution in [2.24, 2.45) is 0 Å². The highest BCUT2D eigenvalue weighted by Crippen LogP contribution is 2.27. The number of nitrogens with one attached hydrogen (secondary N) is 1. The summed E-state index contributed by atoms with van der Waals surface area (Å²) in [6.07, 6.45) is 6.73. The van der Waals surface area contributed by atoms with Gasteiger partial charge in [0.05, 0.1) is 0 Å². The first kappa shape index (κ1) is 14.9. The smallest absolute Gasteiger partial charge is 0.125 e. The van der Waals surface area contributed by atoms with Crippen LogP contribution in [0.4, 0.5) is 0 Å². The topological polar surface area (TPSA) is 39.3 Å². The molecule has 0 aliphatic rings. The SMILES string of the molecule is CCCCN(CCC)CCc1c[nH]c2cccc(O)c12. The van der Waals surface area contributed by atoms with E-state index in [-0.39, 0.29) is 0 Å². The zero-order valence-electron chi connectivity index (χ0n) is 12.7. The van der Waals surface area contributed by atoms with E-state index >= 15 is 0 Å². The van der Waals surface area contributed by atoms with E-state index in [1.807, 2.05) is 18.3 Å². The van der Waals surface area contributed by atoms with Gasteiger partial charge in [-0.15, -0.1) is 0 Å². The molecule has 1 aromatic carbocycles. The number of benzene rings is 1. The minimum absolute atomic E-state index is 0.384. The largest absolute Gasteiger partial charge is 0.507 e. The van der Waals surface area contributed by atoms with Crippen molar-refractivity contribution in [3.63, 3.8) is 0 Å². The Morgan fingerprint density at radius 2 is 1.95 bits per heavy atom. The standard InChI is InChI=1S/C17H26N2O/c1-3-5-11-19(10-4-2)12-9-14-13-18-15-7-6-8-16(20)17(14)15/h6-8,13,18,20H,3-5,9-12H2,1-2H3. The number of hydrogen-bond donors (Lipinski definition) is 2. The van der Waals surface area contributed by atoms with E-state index in [1.54, 1.807) is 6.07 Å². The second-order valence-corrected chi connectivity index (χ2v) is 5.46. The minimum Gasteiger partial charge on any atom is -0.507 e. The Morgan fingerprint density at radius 3 is 2.70 bits per heavy atom. The van der Waals surface area contributed by atoms with Gasteiger partial charge in [-0.2, -0.15) is 0 Å². The van der Waals surface area contributed by atoms with Crippen molar-refractivity contribution in [3.8, 4) is 5.75 Å². The van der Waals surface area contributed by atoms with Gasteiger partial charge >= 0.3 is 0 Å². The van der Waals surface area contributed by atoms with Crippen molar-refractivity contribution < 1.29 is 5.11 Å². The molecule has 3 heteroatoms. The van der Waals surface area contributed by atoms with E-state index in [4.69, 9.17) is 0 Å². The molecule has 2 aromatic rings. The fourth-order valence-corrected chi connectivity index (χ4v) is 2.74. The number of unbranched alkanes of at least 4 members (excludes halogenated alkanes) is 1. The maximum Gasteiger partial charge on any atom is 0.125 e. The van der Waals surface area contributed by atoms with Crippen LogP contribution in [-0.2, 0) is 6.42 Å². The molecule has 0 saturated heterocycles. The van der Waals surface area contributed by atoms with Gasteiger partial charge in [0.15, 0.2) is 0 Å². The number of hydrogen-bond acceptors (Lipinski definition) is 2. The lowest BCUT2D eigenvalue weighted by molar-refractivity contribution is 0.273. The molecule has 0 aliphatic carbocycles. The van der Waals surface area contributed by atoms with E-state index in [9.17, 15) is 5.11 Å². The number of rotatable bonds is 8. The summed E-state index contributed by atoms with van der Waals surface area (Å²) in [6.45, 7) is 7.88. The van der Waals surface area contributed by atoms with Gasteiger partial charge in [-0.3, -0.25) is 0 Å². The fraction of sp³-hybridized carbons (Fsp3) is 0.529. The highest BCUT2D eigenvalue weighted by molar-refractivity contribution is 5.88. The highest BCUT2D eigenvalue weighted by Gasteiger charge is 2.10. The molecule has 110 valence electrons. The summed E-state index contributed by atoms with van der Waals surface area (Å²) in [5.41, 5.74) is 2.24. The molecule has 1 aromatic heterocycles. The summed E-state index contributed by atoms with van der Waals surface area (Å²) in [7, 11) is 0. The summed E-state index contributed by atoms with van der Waals surface area (Å²) in [4.78, 5) is 5.78. The number of phenolic OH excluding ortho intramolecular Hbond substituents is 1. The predicted molar refractivity (Wildman–Crippen MR) is 85.3 cm³/mol. The molecule has 0 amide bonds. The molecule has 0 atom stereocenters. The number of H-pyrrole nitrogens is 1. The van der Waals surface area contributed by atoms with Crippen molar-refractivity contribution in [2.75, 3.05) is 19.6 Å². The molecule has 0 saturated carbocycles. The molecule has 3 nitrogen and oxygen atoms in total. The Labute approximate surface area is 121 Å². The summed E-state index contributed by atoms with van der Waals surface area (Å²) >= 11 is 0. The third-order valence-corrected chi connectivity index (χ3v) is 3.83. The first-order valence-electron chi connectivity index (χ1n) is 7.76. The molecule has 0 fully saturated rings. The van der Waals surface area contributed by atoms with Crippen LogP contribution in [0.25, 0.3) is 10.9 Å². The first-order valence-corrected chi connectivity index (χ1v) is 7.76. The van der Waals surface area contributed by atoms with Gasteiger partial charge in [0.1, 0.15) is 5.75 Å². The van der Waals surface area contributed by atoms with Crippen molar-refractivity contribution in [1.82, 2.24) is 9.88 Å². The summed E-state index contributed by atoms with van der Waals surface area (Å²) in [5, 5.41) is 11.0. The maximum absolute atomic E-state index is 10.0. The quantitative estimate of drug-likeness (QED) is 0.765. The Kier molecular flexibility index (Phi) is 5.48. The summed E-state index contributed by atoms with van der Waals surface area (Å²) in [5.74, 6) is 0.384. The van der Waals surface area contributed by atoms with Crippen LogP contribution < -0.4 is 0 Å². The van der Waals surface area contributed by atoms with Crippen LogP contribution in [0.2, 0.25) is 0 Å². The molecule has 0 spiro atoms. The van der Waals surface area contributed by atoms with Crippen molar-refractivity contribution in [2.45, 2.75) is 39.5 Å². The lowest BCUT2D eigenvalue weighted by Crippen LogP contribution is -2.28. The number of aromatic amines is 1. The van der Waals surface area contributed by atoms with E-state index < -0.39 is 0 Å². The van der Waals surface area contributed by atoms with Crippen LogP contribution in [0.15, 0.2) is 24.4 Å². The third-order valence-electron chi connectivity index (χ3n) is 3.83. The molecule has 0 aliphatic heterocycles. The fourth-order valence-electron chi connectivity index (χ4n) is 2.74. The summed E-state index contributed by atoms with van der Waals surface area (Å²) in [6, 6.07) is 5.66. The number of nitrogens with zero attached hydrogens (tertiary/aromatic N) is 1. The van der Waals surface area contributed by atoms with Crippen LogP contribution in [0, 0.1) is 0 Å². The second kappa shape index (κ2) is 7.34. The zero-order chi connectivity index (χ0) is 14.4. The molecule has 0 radical (unpaired) electrons. The third kappa shape index (κ3) is 3.54. The highest BCUT2D eigenvalue weighted by atomic mass is 16.3. The van der Waals surface area contributed by atoms with Crippen molar-refractivity contribution in [1.29, 1.82) is 0 Å². The monoisotopic (exact) mass is 274 g/mol. The average molecular weight is 274 g/mol. The van der Waals surface area contributed by atoms with Gasteiger partial charge in [0, 0.05) is 23.6 Å². The van der Waals surface area contributed by atoms with Gasteiger partial charge in [0.25, 0.3) is 0 Å². The van der Waals surface area contributed by atoms with Crippen molar-refractivity contribution in [3.05, 3.63) is 30.0 Å². The minimum atomic E-state index is 0.384. The molecule has 0 unspecified atom stereocenters. The molecular formula is C17H26N2O. The number of aromatic nitrogens is 1. The Balaban J connectivity index is 2.03. The van der Waals surface area contributed by atoms with Crippen LogP contribution in [-0.4, -0.2) is 34.6 Å². The van der Waals surface area contributed by atoms with Gasteiger partial charge in [-0.25, -0.2) is 0 Å². The Morgan fingerprint density at radius 1 is 1.10 bits per heavy atom. The second-order valence-electron chi connectivity index (χ2n) is 5.46. The molecule has 20 heavy (non-hydrogen) atoms. The van der Waals surface area contributed by atoms with E-state index in [0.29, 0.717) is 5.75 Å². The van der Waals surface area contributed by atoms with Crippen LogP contribution in [0.3, 0.4) is 0 Å². The molecule has 2 rings (SSSR count). The van der Waals surface area contributed by atoms with Crippen LogP contribution >= 0.6 is 0 Å². The normalized spacial score (nSPS) is 11.6. The van der Waals surface area contributed by atoms with Gasteiger partial charge in [-0.1, -0.05) is 26.3 Å². The molecular weight excluding hydrogens is 248 g/mol. The molecule has 1 heterocycles. The first-order chi connectivity index (χ1) is 9.76. The lowest BCUT2D eigenvalue weighted by Gasteiger charge is -2.21. The number of phenols is 1.